The molecule has 0 bridgehead atoms. The van der Waals surface area contributed by atoms with E-state index in [1.165, 1.54) is 12.8 Å². The van der Waals surface area contributed by atoms with E-state index in [1.807, 2.05) is 30.3 Å². The highest BCUT2D eigenvalue weighted by atomic mass is 35.5. The summed E-state index contributed by atoms with van der Waals surface area (Å²) in [5.74, 6) is 1.35. The third-order valence-corrected chi connectivity index (χ3v) is 5.26. The minimum Gasteiger partial charge on any atom is -0.143 e. The molecule has 1 fully saturated rings. The van der Waals surface area contributed by atoms with Crippen LogP contribution in [0.2, 0.25) is 0 Å². The van der Waals surface area contributed by atoms with Crippen LogP contribution in [0.1, 0.15) is 46.6 Å². The number of alkyl halides is 1. The molecule has 0 saturated heterocycles. The van der Waals surface area contributed by atoms with Crippen molar-refractivity contribution in [3.63, 3.8) is 0 Å². The summed E-state index contributed by atoms with van der Waals surface area (Å²) in [4.78, 5) is 0. The van der Waals surface area contributed by atoms with Crippen LogP contribution >= 0.6 is 22.9 Å². The van der Waals surface area contributed by atoms with Crippen LogP contribution < -0.4 is 0 Å². The van der Waals surface area contributed by atoms with Crippen LogP contribution in [0, 0.1) is 5.92 Å². The van der Waals surface area contributed by atoms with E-state index in [2.05, 4.69) is 17.1 Å². The Morgan fingerprint density at radius 3 is 2.50 bits per heavy atom. The van der Waals surface area contributed by atoms with E-state index >= 15 is 0 Å². The Morgan fingerprint density at radius 2 is 1.83 bits per heavy atom. The number of halogens is 1. The van der Waals surface area contributed by atoms with Gasteiger partial charge in [0.25, 0.3) is 0 Å². The van der Waals surface area contributed by atoms with Crippen molar-refractivity contribution in [1.82, 2.24) is 10.2 Å². The van der Waals surface area contributed by atoms with Crippen LogP contribution in [0.3, 0.4) is 0 Å². The van der Waals surface area contributed by atoms with Gasteiger partial charge in [0.15, 0.2) is 0 Å². The number of hydrogen-bond donors (Lipinski definition) is 0. The van der Waals surface area contributed by atoms with Crippen molar-refractivity contribution in [1.29, 1.82) is 0 Å². The zero-order valence-corrected chi connectivity index (χ0v) is 11.8. The summed E-state index contributed by atoms with van der Waals surface area (Å²) in [6.07, 6.45) is 2.66. The molecule has 1 aliphatic carbocycles. The summed E-state index contributed by atoms with van der Waals surface area (Å²) in [6, 6.07) is 10.1. The van der Waals surface area contributed by atoms with E-state index in [-0.39, 0.29) is 5.38 Å². The number of benzene rings is 1. The van der Waals surface area contributed by atoms with E-state index in [9.17, 15) is 0 Å². The first-order valence-corrected chi connectivity index (χ1v) is 7.53. The van der Waals surface area contributed by atoms with Gasteiger partial charge < -0.3 is 0 Å². The Kier molecular flexibility index (Phi) is 3.35. The second kappa shape index (κ2) is 4.98. The van der Waals surface area contributed by atoms with Crippen molar-refractivity contribution in [2.75, 3.05) is 0 Å². The van der Waals surface area contributed by atoms with Gasteiger partial charge in [0.05, 0.1) is 0 Å². The third-order valence-electron chi connectivity index (χ3n) is 3.48. The molecule has 0 spiro atoms. The molecule has 2 atom stereocenters. The van der Waals surface area contributed by atoms with Crippen LogP contribution in [0.4, 0.5) is 0 Å². The minimum absolute atomic E-state index is 0.177. The smallest absolute Gasteiger partial charge is 0.139 e. The molecular weight excluding hydrogens is 264 g/mol. The fourth-order valence-corrected chi connectivity index (χ4v) is 3.41. The van der Waals surface area contributed by atoms with Crippen molar-refractivity contribution in [2.45, 2.75) is 31.1 Å². The van der Waals surface area contributed by atoms with Crippen LogP contribution in [0.15, 0.2) is 30.3 Å². The summed E-state index contributed by atoms with van der Waals surface area (Å²) in [5, 5.41) is 10.4. The van der Waals surface area contributed by atoms with Crippen LogP contribution in [0.25, 0.3) is 0 Å². The lowest BCUT2D eigenvalue weighted by Gasteiger charge is -2.05. The quantitative estimate of drug-likeness (QED) is 0.776. The molecule has 0 amide bonds. The third kappa shape index (κ3) is 2.43. The topological polar surface area (TPSA) is 25.8 Å². The monoisotopic (exact) mass is 278 g/mol. The lowest BCUT2D eigenvalue weighted by molar-refractivity contribution is 0.650. The zero-order chi connectivity index (χ0) is 12.5. The van der Waals surface area contributed by atoms with Crippen molar-refractivity contribution in [2.24, 2.45) is 5.92 Å². The van der Waals surface area contributed by atoms with E-state index in [1.54, 1.807) is 11.3 Å². The molecule has 1 saturated carbocycles. The molecule has 4 heteroatoms. The van der Waals surface area contributed by atoms with Gasteiger partial charge in [0, 0.05) is 5.92 Å². The molecule has 1 aromatic carbocycles. The highest BCUT2D eigenvalue weighted by molar-refractivity contribution is 7.11. The van der Waals surface area contributed by atoms with E-state index < -0.39 is 0 Å². The van der Waals surface area contributed by atoms with Gasteiger partial charge in [0.2, 0.25) is 0 Å². The van der Waals surface area contributed by atoms with Crippen molar-refractivity contribution in [3.05, 3.63) is 45.9 Å². The average Bonchev–Trinajstić information content (AvgIpc) is 3.15. The summed E-state index contributed by atoms with van der Waals surface area (Å²) < 4.78 is 0. The van der Waals surface area contributed by atoms with Gasteiger partial charge in [-0.1, -0.05) is 48.6 Å². The van der Waals surface area contributed by atoms with Crippen molar-refractivity contribution < 1.29 is 0 Å². The Bertz CT molecular complexity index is 522. The van der Waals surface area contributed by atoms with E-state index in [4.69, 9.17) is 11.6 Å². The SMILES string of the molecule is CC(c1nnc(C(Cl)c2ccccc2)s1)C1CC1. The largest absolute Gasteiger partial charge is 0.143 e. The Morgan fingerprint density at radius 1 is 1.17 bits per heavy atom. The number of aromatic nitrogens is 2. The maximum atomic E-state index is 6.45. The summed E-state index contributed by atoms with van der Waals surface area (Å²) >= 11 is 8.11. The summed E-state index contributed by atoms with van der Waals surface area (Å²) in [6.45, 7) is 2.24. The molecule has 0 aliphatic heterocycles. The van der Waals surface area contributed by atoms with E-state index in [0.717, 1.165) is 21.5 Å². The second-order valence-corrected chi connectivity index (χ2v) is 6.35. The fourth-order valence-electron chi connectivity index (χ4n) is 2.10. The molecule has 2 unspecified atom stereocenters. The number of rotatable bonds is 4. The predicted molar refractivity (Wildman–Crippen MR) is 75.2 cm³/mol. The lowest BCUT2D eigenvalue weighted by atomic mass is 10.1. The van der Waals surface area contributed by atoms with Crippen LogP contribution in [-0.2, 0) is 0 Å². The van der Waals surface area contributed by atoms with Gasteiger partial charge in [-0.05, 0) is 24.3 Å². The maximum absolute atomic E-state index is 6.45. The highest BCUT2D eigenvalue weighted by Crippen LogP contribution is 2.44. The first-order valence-electron chi connectivity index (χ1n) is 6.28. The number of nitrogens with zero attached hydrogens (tertiary/aromatic N) is 2. The average molecular weight is 279 g/mol. The van der Waals surface area contributed by atoms with Gasteiger partial charge in [-0.25, -0.2) is 0 Å². The molecule has 2 aromatic rings. The summed E-state index contributed by atoms with van der Waals surface area (Å²) in [7, 11) is 0. The zero-order valence-electron chi connectivity index (χ0n) is 10.2. The molecule has 1 aliphatic rings. The molecule has 1 heterocycles. The minimum atomic E-state index is -0.177. The predicted octanol–water partition coefficient (Wildman–Crippen LogP) is 4.38. The van der Waals surface area contributed by atoms with Crippen LogP contribution in [0.5, 0.6) is 0 Å². The molecular formula is C14H15ClN2S. The first kappa shape index (κ1) is 12.1. The van der Waals surface area contributed by atoms with Gasteiger partial charge >= 0.3 is 0 Å². The van der Waals surface area contributed by atoms with E-state index in [0.29, 0.717) is 5.92 Å². The Hall–Kier alpha value is -0.930. The highest BCUT2D eigenvalue weighted by Gasteiger charge is 2.31. The first-order chi connectivity index (χ1) is 8.75. The second-order valence-electron chi connectivity index (χ2n) is 4.88. The Labute approximate surface area is 116 Å². The molecule has 1 aromatic heterocycles. The fraction of sp³-hybridized carbons (Fsp3) is 0.429. The van der Waals surface area contributed by atoms with Gasteiger partial charge in [-0.2, -0.15) is 0 Å². The van der Waals surface area contributed by atoms with Gasteiger partial charge in [-0.3, -0.25) is 0 Å². The maximum Gasteiger partial charge on any atom is 0.139 e. The molecule has 18 heavy (non-hydrogen) atoms. The standard InChI is InChI=1S/C14H15ClN2S/c1-9(10-7-8-10)13-16-17-14(18-13)12(15)11-5-3-2-4-6-11/h2-6,9-10,12H,7-8H2,1H3. The van der Waals surface area contributed by atoms with Gasteiger partial charge in [-0.15, -0.1) is 21.8 Å². The van der Waals surface area contributed by atoms with Crippen LogP contribution in [-0.4, -0.2) is 10.2 Å². The van der Waals surface area contributed by atoms with Crippen molar-refractivity contribution in [3.8, 4) is 0 Å². The lowest BCUT2D eigenvalue weighted by Crippen LogP contribution is -1.94. The number of hydrogen-bond acceptors (Lipinski definition) is 3. The molecule has 0 N–H and O–H groups in total. The Balaban J connectivity index is 1.80. The molecule has 94 valence electrons. The summed E-state index contributed by atoms with van der Waals surface area (Å²) in [5.41, 5.74) is 1.08. The molecule has 0 radical (unpaired) electrons. The van der Waals surface area contributed by atoms with Gasteiger partial charge in [0.1, 0.15) is 15.4 Å². The molecule has 3 rings (SSSR count). The van der Waals surface area contributed by atoms with Crippen molar-refractivity contribution >= 4 is 22.9 Å². The molecule has 2 nitrogen and oxygen atoms in total. The normalized spacial score (nSPS) is 18.6.